The van der Waals surface area contributed by atoms with Gasteiger partial charge in [-0.1, -0.05) is 0 Å². The van der Waals surface area contributed by atoms with Crippen molar-refractivity contribution < 1.29 is 21.8 Å². The Morgan fingerprint density at radius 3 is 2.29 bits per heavy atom. The average molecular weight is 337 g/mol. The number of benzene rings is 1. The number of rotatable bonds is 6. The van der Waals surface area contributed by atoms with E-state index in [9.17, 15) is 26.9 Å². The van der Waals surface area contributed by atoms with Crippen LogP contribution >= 0.6 is 0 Å². The maximum absolute atomic E-state index is 12.0. The van der Waals surface area contributed by atoms with Gasteiger partial charge in [0.25, 0.3) is 5.69 Å². The summed E-state index contributed by atoms with van der Waals surface area (Å²) in [6.07, 6.45) is 0. The minimum absolute atomic E-state index is 0.299. The van der Waals surface area contributed by atoms with E-state index in [1.165, 1.54) is 13.0 Å². The van der Waals surface area contributed by atoms with Gasteiger partial charge in [0, 0.05) is 18.2 Å². The highest BCUT2D eigenvalue weighted by molar-refractivity contribution is 7.90. The molecule has 1 aromatic rings. The van der Waals surface area contributed by atoms with Crippen LogP contribution in [-0.4, -0.2) is 34.1 Å². The molecule has 0 unspecified atom stereocenters. The van der Waals surface area contributed by atoms with Gasteiger partial charge in [0.2, 0.25) is 20.0 Å². The van der Waals surface area contributed by atoms with Crippen LogP contribution in [0.3, 0.4) is 0 Å². The van der Waals surface area contributed by atoms with E-state index in [4.69, 9.17) is 5.14 Å². The highest BCUT2D eigenvalue weighted by Gasteiger charge is 2.21. The second-order valence-corrected chi connectivity index (χ2v) is 7.91. The first kappa shape index (κ1) is 17.5. The molecule has 0 saturated heterocycles. The Hall–Kier alpha value is -1.56. The minimum Gasteiger partial charge on any atom is -0.258 e. The van der Waals surface area contributed by atoms with Crippen molar-refractivity contribution in [2.45, 2.75) is 18.7 Å². The van der Waals surface area contributed by atoms with Crippen LogP contribution in [-0.2, 0) is 20.0 Å². The van der Waals surface area contributed by atoms with Gasteiger partial charge in [0.05, 0.1) is 15.6 Å². The second kappa shape index (κ2) is 6.05. The molecule has 21 heavy (non-hydrogen) atoms. The van der Waals surface area contributed by atoms with Crippen LogP contribution < -0.4 is 9.86 Å². The van der Waals surface area contributed by atoms with Crippen molar-refractivity contribution in [1.82, 2.24) is 4.72 Å². The molecular formula is C10H15N3O6S2. The summed E-state index contributed by atoms with van der Waals surface area (Å²) >= 11 is 0. The van der Waals surface area contributed by atoms with E-state index in [-0.39, 0.29) is 10.6 Å². The molecule has 0 atom stereocenters. The zero-order valence-electron chi connectivity index (χ0n) is 11.4. The van der Waals surface area contributed by atoms with Crippen LogP contribution in [0.25, 0.3) is 0 Å². The van der Waals surface area contributed by atoms with E-state index in [1.807, 2.05) is 4.72 Å². The molecule has 0 saturated carbocycles. The molecule has 3 N–H and O–H groups in total. The lowest BCUT2D eigenvalue weighted by atomic mass is 10.1. The van der Waals surface area contributed by atoms with Gasteiger partial charge in [0.15, 0.2) is 0 Å². The highest BCUT2D eigenvalue weighted by atomic mass is 32.2. The fourth-order valence-corrected chi connectivity index (χ4v) is 3.21. The lowest BCUT2D eigenvalue weighted by Crippen LogP contribution is -2.31. The van der Waals surface area contributed by atoms with Gasteiger partial charge in [-0.25, -0.2) is 26.7 Å². The van der Waals surface area contributed by atoms with Gasteiger partial charge >= 0.3 is 0 Å². The first-order valence-corrected chi connectivity index (χ1v) is 8.89. The Bertz CT molecular complexity index is 770. The Labute approximate surface area is 122 Å². The topological polar surface area (TPSA) is 149 Å². The third kappa shape index (κ3) is 4.74. The van der Waals surface area contributed by atoms with Crippen molar-refractivity contribution >= 4 is 25.7 Å². The molecule has 0 amide bonds. The van der Waals surface area contributed by atoms with Crippen LogP contribution in [0.1, 0.15) is 11.1 Å². The summed E-state index contributed by atoms with van der Waals surface area (Å²) in [5, 5.41) is 15.7. The van der Waals surface area contributed by atoms with Crippen molar-refractivity contribution in [2.24, 2.45) is 5.14 Å². The first-order chi connectivity index (χ1) is 9.44. The number of nitrogens with two attached hydrogens (primary N) is 1. The number of aryl methyl sites for hydroxylation is 1. The quantitative estimate of drug-likeness (QED) is 0.541. The molecule has 1 aromatic carbocycles. The predicted octanol–water partition coefficient (Wildman–Crippen LogP) is -0.222. The van der Waals surface area contributed by atoms with Crippen LogP contribution in [0.5, 0.6) is 0 Å². The molecule has 118 valence electrons. The van der Waals surface area contributed by atoms with E-state index < -0.39 is 37.3 Å². The van der Waals surface area contributed by atoms with Gasteiger partial charge in [-0.15, -0.1) is 0 Å². The zero-order chi connectivity index (χ0) is 16.4. The van der Waals surface area contributed by atoms with Crippen molar-refractivity contribution in [3.8, 4) is 0 Å². The summed E-state index contributed by atoms with van der Waals surface area (Å²) in [6, 6.07) is 2.21. The second-order valence-electron chi connectivity index (χ2n) is 4.41. The summed E-state index contributed by atoms with van der Waals surface area (Å²) in [7, 11) is -7.85. The fourth-order valence-electron chi connectivity index (χ4n) is 1.55. The number of hydrogen-bond acceptors (Lipinski definition) is 6. The van der Waals surface area contributed by atoms with Crippen LogP contribution in [0.15, 0.2) is 17.0 Å². The van der Waals surface area contributed by atoms with E-state index in [1.54, 1.807) is 6.92 Å². The van der Waals surface area contributed by atoms with Gasteiger partial charge in [0.1, 0.15) is 0 Å². The lowest BCUT2D eigenvalue weighted by molar-refractivity contribution is -0.385. The maximum Gasteiger partial charge on any atom is 0.273 e. The Balaban J connectivity index is 3.12. The summed E-state index contributed by atoms with van der Waals surface area (Å²) in [4.78, 5) is 9.92. The largest absolute Gasteiger partial charge is 0.273 e. The van der Waals surface area contributed by atoms with Crippen molar-refractivity contribution in [3.05, 3.63) is 33.4 Å². The van der Waals surface area contributed by atoms with Gasteiger partial charge < -0.3 is 0 Å². The molecule has 0 heterocycles. The Morgan fingerprint density at radius 1 is 1.24 bits per heavy atom. The summed E-state index contributed by atoms with van der Waals surface area (Å²) in [5.74, 6) is -0.570. The van der Waals surface area contributed by atoms with Crippen molar-refractivity contribution in [2.75, 3.05) is 12.3 Å². The molecule has 0 radical (unpaired) electrons. The van der Waals surface area contributed by atoms with Crippen LogP contribution in [0.4, 0.5) is 5.69 Å². The molecule has 0 aliphatic carbocycles. The van der Waals surface area contributed by atoms with Gasteiger partial charge in [-0.3, -0.25) is 10.1 Å². The number of nitro benzene ring substituents is 1. The summed E-state index contributed by atoms with van der Waals surface area (Å²) in [5.41, 5.74) is 0.487. The number of nitrogens with zero attached hydrogens (tertiary/aromatic N) is 1. The molecule has 9 nitrogen and oxygen atoms in total. The molecule has 0 bridgehead atoms. The van der Waals surface area contributed by atoms with Crippen molar-refractivity contribution in [1.29, 1.82) is 0 Å². The van der Waals surface area contributed by atoms with Crippen molar-refractivity contribution in [3.63, 3.8) is 0 Å². The monoisotopic (exact) mass is 337 g/mol. The molecule has 1 rings (SSSR count). The summed E-state index contributed by atoms with van der Waals surface area (Å²) in [6.45, 7) is 2.64. The highest BCUT2D eigenvalue weighted by Crippen LogP contribution is 2.25. The maximum atomic E-state index is 12.0. The molecule has 0 aliphatic heterocycles. The standard InChI is InChI=1S/C10H15N3O6S2/c1-7-5-9(6-10(8(7)2)13(14)15)21(18,19)12-3-4-20(11,16)17/h5-6,12H,3-4H2,1-2H3,(H2,11,16,17). The Kier molecular flexibility index (Phi) is 5.04. The third-order valence-electron chi connectivity index (χ3n) is 2.80. The smallest absolute Gasteiger partial charge is 0.258 e. The molecule has 0 spiro atoms. The SMILES string of the molecule is Cc1cc(S(=O)(=O)NCCS(N)(=O)=O)cc([N+](=O)[O-])c1C. The van der Waals surface area contributed by atoms with Crippen LogP contribution in [0.2, 0.25) is 0 Å². The minimum atomic E-state index is -4.05. The zero-order valence-corrected chi connectivity index (χ0v) is 13.0. The number of nitrogens with one attached hydrogen (secondary N) is 1. The molecule has 0 aromatic heterocycles. The Morgan fingerprint density at radius 2 is 1.81 bits per heavy atom. The molecule has 11 heteroatoms. The van der Waals surface area contributed by atoms with E-state index in [2.05, 4.69) is 0 Å². The molecule has 0 aliphatic rings. The van der Waals surface area contributed by atoms with E-state index in [0.29, 0.717) is 11.1 Å². The normalized spacial score (nSPS) is 12.3. The number of nitro groups is 1. The third-order valence-corrected chi connectivity index (χ3v) is 5.01. The average Bonchev–Trinajstić information content (AvgIpc) is 2.29. The predicted molar refractivity (Wildman–Crippen MR) is 75.7 cm³/mol. The van der Waals surface area contributed by atoms with Crippen LogP contribution in [0, 0.1) is 24.0 Å². The number of hydrogen-bond donors (Lipinski definition) is 2. The number of primary sulfonamides is 1. The summed E-state index contributed by atoms with van der Waals surface area (Å²) < 4.78 is 47.5. The fraction of sp³-hybridized carbons (Fsp3) is 0.400. The van der Waals surface area contributed by atoms with E-state index in [0.717, 1.165) is 6.07 Å². The van der Waals surface area contributed by atoms with Gasteiger partial charge in [-0.05, 0) is 25.5 Å². The molecular weight excluding hydrogens is 322 g/mol. The first-order valence-electron chi connectivity index (χ1n) is 5.70. The molecule has 0 fully saturated rings. The lowest BCUT2D eigenvalue weighted by Gasteiger charge is -2.09. The number of sulfonamides is 2. The van der Waals surface area contributed by atoms with E-state index >= 15 is 0 Å². The van der Waals surface area contributed by atoms with Gasteiger partial charge in [-0.2, -0.15) is 0 Å².